The molecule has 0 saturated carbocycles. The molecule has 2 fully saturated rings. The molecule has 2 aromatic rings. The van der Waals surface area contributed by atoms with Crippen molar-refractivity contribution in [1.82, 2.24) is 9.21 Å². The average Bonchev–Trinajstić information content (AvgIpc) is 2.83. The molecule has 184 valence electrons. The molecule has 2 saturated heterocycles. The van der Waals surface area contributed by atoms with Crippen molar-refractivity contribution in [2.24, 2.45) is 5.92 Å². The average molecular weight is 560 g/mol. The molecular weight excluding hydrogens is 535 g/mol. The van der Waals surface area contributed by atoms with Gasteiger partial charge in [0.15, 0.2) is 0 Å². The second kappa shape index (κ2) is 9.87. The Balaban J connectivity index is 1.38. The Kier molecular flexibility index (Phi) is 7.25. The number of sulfonamides is 1. The summed E-state index contributed by atoms with van der Waals surface area (Å²) in [6, 6.07) is 11.6. The van der Waals surface area contributed by atoms with E-state index in [1.165, 1.54) is 22.5 Å². The van der Waals surface area contributed by atoms with Gasteiger partial charge in [0.2, 0.25) is 15.9 Å². The Bertz CT molecular complexity index is 1130. The Morgan fingerprint density at radius 1 is 0.971 bits per heavy atom. The highest BCUT2D eigenvalue weighted by molar-refractivity contribution is 9.10. The van der Waals surface area contributed by atoms with Crippen molar-refractivity contribution in [2.45, 2.75) is 23.9 Å². The fourth-order valence-electron chi connectivity index (χ4n) is 4.44. The van der Waals surface area contributed by atoms with Crippen LogP contribution in [-0.2, 0) is 21.0 Å². The number of carbonyl (C=O) groups excluding carboxylic acids is 1. The summed E-state index contributed by atoms with van der Waals surface area (Å²) < 4.78 is 67.3. The van der Waals surface area contributed by atoms with E-state index in [2.05, 4.69) is 15.9 Å². The molecule has 1 atom stereocenters. The van der Waals surface area contributed by atoms with Crippen molar-refractivity contribution in [3.05, 3.63) is 58.6 Å². The summed E-state index contributed by atoms with van der Waals surface area (Å²) in [6.07, 6.45) is -3.20. The smallest absolute Gasteiger partial charge is 0.368 e. The van der Waals surface area contributed by atoms with Crippen LogP contribution < -0.4 is 4.90 Å². The van der Waals surface area contributed by atoms with Crippen LogP contribution in [0.15, 0.2) is 57.9 Å². The molecule has 0 unspecified atom stereocenters. The molecule has 2 aliphatic heterocycles. The Morgan fingerprint density at radius 3 is 2.29 bits per heavy atom. The van der Waals surface area contributed by atoms with Crippen LogP contribution in [0.25, 0.3) is 0 Å². The maximum absolute atomic E-state index is 13.2. The van der Waals surface area contributed by atoms with Gasteiger partial charge < -0.3 is 9.80 Å². The summed E-state index contributed by atoms with van der Waals surface area (Å²) in [6.45, 7) is 2.09. The first-order chi connectivity index (χ1) is 16.1. The fourth-order valence-corrected chi connectivity index (χ4v) is 6.23. The van der Waals surface area contributed by atoms with E-state index >= 15 is 0 Å². The number of amides is 1. The molecule has 0 aromatic heterocycles. The van der Waals surface area contributed by atoms with E-state index in [0.29, 0.717) is 51.3 Å². The molecule has 2 heterocycles. The van der Waals surface area contributed by atoms with Gasteiger partial charge >= 0.3 is 6.18 Å². The molecular formula is C23H25BrF3N3O3S. The summed E-state index contributed by atoms with van der Waals surface area (Å²) in [5, 5.41) is 0. The third-order valence-electron chi connectivity index (χ3n) is 6.31. The summed E-state index contributed by atoms with van der Waals surface area (Å²) in [7, 11) is -3.70. The van der Waals surface area contributed by atoms with Crippen LogP contribution in [0.5, 0.6) is 0 Å². The van der Waals surface area contributed by atoms with E-state index in [9.17, 15) is 26.4 Å². The molecule has 0 spiro atoms. The van der Waals surface area contributed by atoms with Crippen LogP contribution in [0.1, 0.15) is 18.4 Å². The summed E-state index contributed by atoms with van der Waals surface area (Å²) in [5.74, 6) is -0.529. The lowest BCUT2D eigenvalue weighted by Gasteiger charge is -2.39. The van der Waals surface area contributed by atoms with Gasteiger partial charge in [-0.05, 0) is 55.3 Å². The van der Waals surface area contributed by atoms with Crippen LogP contribution in [0, 0.1) is 5.92 Å². The van der Waals surface area contributed by atoms with Crippen LogP contribution in [-0.4, -0.2) is 62.8 Å². The van der Waals surface area contributed by atoms with Crippen molar-refractivity contribution in [1.29, 1.82) is 0 Å². The van der Waals surface area contributed by atoms with Gasteiger partial charge in [-0.2, -0.15) is 17.5 Å². The first-order valence-corrected chi connectivity index (χ1v) is 13.3. The second-order valence-electron chi connectivity index (χ2n) is 8.52. The highest BCUT2D eigenvalue weighted by atomic mass is 79.9. The van der Waals surface area contributed by atoms with Gasteiger partial charge in [0, 0.05) is 49.4 Å². The molecule has 2 aromatic carbocycles. The quantitative estimate of drug-likeness (QED) is 0.562. The molecule has 6 nitrogen and oxygen atoms in total. The highest BCUT2D eigenvalue weighted by Gasteiger charge is 2.36. The van der Waals surface area contributed by atoms with Crippen molar-refractivity contribution in [2.75, 3.05) is 44.2 Å². The van der Waals surface area contributed by atoms with Gasteiger partial charge in [-0.1, -0.05) is 22.0 Å². The number of benzene rings is 2. The minimum absolute atomic E-state index is 0.0978. The largest absolute Gasteiger partial charge is 0.416 e. The van der Waals surface area contributed by atoms with Crippen LogP contribution in [0.4, 0.5) is 18.9 Å². The van der Waals surface area contributed by atoms with Crippen LogP contribution in [0.2, 0.25) is 0 Å². The van der Waals surface area contributed by atoms with Gasteiger partial charge in [-0.25, -0.2) is 8.42 Å². The predicted octanol–water partition coefficient (Wildman–Crippen LogP) is 4.22. The Hall–Kier alpha value is -2.11. The zero-order chi connectivity index (χ0) is 24.5. The number of carbonyl (C=O) groups is 1. The molecule has 0 bridgehead atoms. The van der Waals surface area contributed by atoms with Crippen molar-refractivity contribution in [3.8, 4) is 0 Å². The lowest BCUT2D eigenvalue weighted by molar-refractivity contribution is -0.137. The van der Waals surface area contributed by atoms with E-state index in [1.54, 1.807) is 23.1 Å². The van der Waals surface area contributed by atoms with Gasteiger partial charge in [0.05, 0.1) is 16.4 Å². The summed E-state index contributed by atoms with van der Waals surface area (Å²) >= 11 is 3.30. The SMILES string of the molecule is O=C([C@@H]1CCCN(S(=O)(=O)c2ccc(Br)cc2)C1)N1CCN(c2cccc(C(F)(F)F)c2)CC1. The minimum atomic E-state index is -4.41. The second-order valence-corrected chi connectivity index (χ2v) is 11.4. The summed E-state index contributed by atoms with van der Waals surface area (Å²) in [5.41, 5.74) is -0.218. The number of anilines is 1. The Labute approximate surface area is 205 Å². The lowest BCUT2D eigenvalue weighted by Crippen LogP contribution is -2.53. The number of piperazine rings is 1. The predicted molar refractivity (Wildman–Crippen MR) is 126 cm³/mol. The fraction of sp³-hybridized carbons (Fsp3) is 0.435. The number of nitrogens with zero attached hydrogens (tertiary/aromatic N) is 3. The lowest BCUT2D eigenvalue weighted by atomic mass is 9.97. The molecule has 1 amide bonds. The standard InChI is InChI=1S/C23H25BrF3N3O3S/c24-19-6-8-21(9-7-19)34(32,33)30-10-2-3-17(16-30)22(31)29-13-11-28(12-14-29)20-5-1-4-18(15-20)23(25,26)27/h1,4-9,15,17H,2-3,10-14,16H2/t17-/m1/s1. The number of hydrogen-bond donors (Lipinski definition) is 0. The third kappa shape index (κ3) is 5.41. The van der Waals surface area contributed by atoms with Crippen molar-refractivity contribution < 1.29 is 26.4 Å². The van der Waals surface area contributed by atoms with E-state index in [-0.39, 0.29) is 17.3 Å². The number of rotatable bonds is 4. The van der Waals surface area contributed by atoms with Gasteiger partial charge in [-0.15, -0.1) is 0 Å². The van der Waals surface area contributed by atoms with Crippen LogP contribution in [0.3, 0.4) is 0 Å². The van der Waals surface area contributed by atoms with Crippen molar-refractivity contribution in [3.63, 3.8) is 0 Å². The van der Waals surface area contributed by atoms with Crippen LogP contribution >= 0.6 is 15.9 Å². The molecule has 0 aliphatic carbocycles. The van der Waals surface area contributed by atoms with Crippen molar-refractivity contribution >= 4 is 37.5 Å². The normalized spacial score (nSPS) is 20.4. The maximum Gasteiger partial charge on any atom is 0.416 e. The highest BCUT2D eigenvalue weighted by Crippen LogP contribution is 2.32. The summed E-state index contributed by atoms with van der Waals surface area (Å²) in [4.78, 5) is 16.9. The molecule has 34 heavy (non-hydrogen) atoms. The monoisotopic (exact) mass is 559 g/mol. The number of alkyl halides is 3. The van der Waals surface area contributed by atoms with Gasteiger partial charge in [0.1, 0.15) is 0 Å². The molecule has 11 heteroatoms. The maximum atomic E-state index is 13.2. The topological polar surface area (TPSA) is 60.9 Å². The molecule has 0 N–H and O–H groups in total. The van der Waals surface area contributed by atoms with Gasteiger partial charge in [0.25, 0.3) is 0 Å². The molecule has 2 aliphatic rings. The van der Waals surface area contributed by atoms with E-state index < -0.39 is 27.7 Å². The Morgan fingerprint density at radius 2 is 1.65 bits per heavy atom. The molecule has 4 rings (SSSR count). The first-order valence-electron chi connectivity index (χ1n) is 11.0. The first kappa shape index (κ1) is 25.0. The third-order valence-corrected chi connectivity index (χ3v) is 8.72. The zero-order valence-corrected chi connectivity index (χ0v) is 20.7. The van der Waals surface area contributed by atoms with E-state index in [1.807, 2.05) is 4.90 Å². The molecule has 0 radical (unpaired) electrons. The number of halogens is 4. The minimum Gasteiger partial charge on any atom is -0.368 e. The number of piperidine rings is 1. The van der Waals surface area contributed by atoms with Gasteiger partial charge in [-0.3, -0.25) is 4.79 Å². The van der Waals surface area contributed by atoms with E-state index in [0.717, 1.165) is 16.6 Å². The number of hydrogen-bond acceptors (Lipinski definition) is 4. The van der Waals surface area contributed by atoms with E-state index in [4.69, 9.17) is 0 Å². The zero-order valence-electron chi connectivity index (χ0n) is 18.3.